The monoisotopic (exact) mass is 450 g/mol. The fourth-order valence-corrected chi connectivity index (χ4v) is 4.29. The number of hydrogen-bond donors (Lipinski definition) is 5. The molecule has 1 saturated heterocycles. The normalized spacial score (nSPS) is 23.6. The minimum atomic E-state index is -1.09. The van der Waals surface area contributed by atoms with Crippen molar-refractivity contribution in [1.82, 2.24) is 26.7 Å². The van der Waals surface area contributed by atoms with Gasteiger partial charge < -0.3 is 15.3 Å². The van der Waals surface area contributed by atoms with Crippen molar-refractivity contribution in [2.45, 2.75) is 52.2 Å². The van der Waals surface area contributed by atoms with Crippen LogP contribution in [-0.4, -0.2) is 46.8 Å². The highest BCUT2D eigenvalue weighted by Crippen LogP contribution is 2.46. The number of halogens is 1. The van der Waals surface area contributed by atoms with E-state index < -0.39 is 17.1 Å². The van der Waals surface area contributed by atoms with Gasteiger partial charge in [0.15, 0.2) is 0 Å². The molecule has 170 valence electrons. The van der Waals surface area contributed by atoms with Gasteiger partial charge in [0.2, 0.25) is 11.8 Å². The lowest BCUT2D eigenvalue weighted by molar-refractivity contribution is -0.156. The van der Waals surface area contributed by atoms with E-state index in [1.54, 1.807) is 17.0 Å². The SMILES string of the molecule is CC(C)[C@@H](NC(=O)CC1=NNNN1)C(=O)N1CC[C@](O)(c2ccc(Cl)cc2)C(C)(C)C1. The Morgan fingerprint density at radius 1 is 1.29 bits per heavy atom. The zero-order valence-corrected chi connectivity index (χ0v) is 19.1. The second kappa shape index (κ2) is 9.02. The Balaban J connectivity index is 1.70. The lowest BCUT2D eigenvalue weighted by Crippen LogP contribution is -2.60. The summed E-state index contributed by atoms with van der Waals surface area (Å²) in [6, 6.07) is 6.54. The van der Waals surface area contributed by atoms with Crippen LogP contribution in [0.5, 0.6) is 0 Å². The van der Waals surface area contributed by atoms with Gasteiger partial charge in [-0.3, -0.25) is 15.0 Å². The van der Waals surface area contributed by atoms with Gasteiger partial charge in [0, 0.05) is 23.5 Å². The van der Waals surface area contributed by atoms with Crippen LogP contribution in [0.4, 0.5) is 0 Å². The molecule has 5 N–H and O–H groups in total. The summed E-state index contributed by atoms with van der Waals surface area (Å²) in [6.07, 6.45) is 0.419. The number of carbonyl (C=O) groups excluding carboxylic acids is 2. The fourth-order valence-electron chi connectivity index (χ4n) is 4.16. The number of hydrazone groups is 1. The zero-order valence-electron chi connectivity index (χ0n) is 18.3. The molecule has 1 fully saturated rings. The molecular weight excluding hydrogens is 420 g/mol. The third-order valence-corrected chi connectivity index (χ3v) is 6.37. The lowest BCUT2D eigenvalue weighted by Gasteiger charge is -2.51. The number of benzene rings is 1. The van der Waals surface area contributed by atoms with E-state index in [0.29, 0.717) is 30.4 Å². The van der Waals surface area contributed by atoms with Gasteiger partial charge in [0.25, 0.3) is 0 Å². The summed E-state index contributed by atoms with van der Waals surface area (Å²) >= 11 is 6.00. The topological polar surface area (TPSA) is 118 Å². The Morgan fingerprint density at radius 2 is 1.97 bits per heavy atom. The molecule has 1 aromatic rings. The fraction of sp³-hybridized carbons (Fsp3) is 0.571. The minimum Gasteiger partial charge on any atom is -0.384 e. The molecule has 2 aliphatic rings. The van der Waals surface area contributed by atoms with Crippen molar-refractivity contribution >= 4 is 29.3 Å². The number of nitrogens with zero attached hydrogens (tertiary/aromatic N) is 2. The highest BCUT2D eigenvalue weighted by Gasteiger charge is 2.50. The quantitative estimate of drug-likeness (QED) is 0.445. The average Bonchev–Trinajstić information content (AvgIpc) is 3.21. The number of nitrogens with one attached hydrogen (secondary N) is 4. The van der Waals surface area contributed by atoms with E-state index in [0.717, 1.165) is 5.56 Å². The van der Waals surface area contributed by atoms with Crippen LogP contribution < -0.4 is 21.8 Å². The van der Waals surface area contributed by atoms with Crippen molar-refractivity contribution in [2.24, 2.45) is 16.4 Å². The van der Waals surface area contributed by atoms with Crippen LogP contribution >= 0.6 is 11.6 Å². The third kappa shape index (κ3) is 4.94. The number of carbonyl (C=O) groups is 2. The molecule has 1 aromatic carbocycles. The molecule has 0 spiro atoms. The van der Waals surface area contributed by atoms with E-state index in [2.05, 4.69) is 26.9 Å². The number of likely N-dealkylation sites (tertiary alicyclic amines) is 1. The Kier molecular flexibility index (Phi) is 6.78. The van der Waals surface area contributed by atoms with Crippen LogP contribution in [0.25, 0.3) is 0 Å². The predicted octanol–water partition coefficient (Wildman–Crippen LogP) is 1.24. The number of amides is 2. The maximum Gasteiger partial charge on any atom is 0.245 e. The summed E-state index contributed by atoms with van der Waals surface area (Å²) in [5, 5.41) is 18.9. The number of amidine groups is 1. The summed E-state index contributed by atoms with van der Waals surface area (Å²) in [6.45, 7) is 8.46. The molecular formula is C21H31ClN6O3. The molecule has 0 radical (unpaired) electrons. The van der Waals surface area contributed by atoms with Crippen LogP contribution in [0.15, 0.2) is 29.4 Å². The molecule has 2 atom stereocenters. The van der Waals surface area contributed by atoms with Gasteiger partial charge in [-0.2, -0.15) is 0 Å². The lowest BCUT2D eigenvalue weighted by atomic mass is 9.66. The summed E-state index contributed by atoms with van der Waals surface area (Å²) < 4.78 is 0. The number of hydrazine groups is 2. The third-order valence-electron chi connectivity index (χ3n) is 6.11. The van der Waals surface area contributed by atoms with Gasteiger partial charge in [0.05, 0.1) is 12.0 Å². The predicted molar refractivity (Wildman–Crippen MR) is 119 cm³/mol. The first-order valence-electron chi connectivity index (χ1n) is 10.4. The van der Waals surface area contributed by atoms with Crippen molar-refractivity contribution in [3.63, 3.8) is 0 Å². The summed E-state index contributed by atoms with van der Waals surface area (Å²) in [7, 11) is 0. The maximum absolute atomic E-state index is 13.3. The highest BCUT2D eigenvalue weighted by atomic mass is 35.5. The van der Waals surface area contributed by atoms with Crippen molar-refractivity contribution in [2.75, 3.05) is 13.1 Å². The number of aliphatic hydroxyl groups is 1. The van der Waals surface area contributed by atoms with Gasteiger partial charge in [-0.05, 0) is 30.0 Å². The first kappa shape index (κ1) is 23.3. The van der Waals surface area contributed by atoms with Crippen LogP contribution in [0.2, 0.25) is 5.02 Å². The van der Waals surface area contributed by atoms with Crippen molar-refractivity contribution in [3.05, 3.63) is 34.9 Å². The Bertz CT molecular complexity index is 857. The van der Waals surface area contributed by atoms with E-state index in [1.807, 2.05) is 39.8 Å². The minimum absolute atomic E-state index is 0.0261. The first-order chi connectivity index (χ1) is 14.5. The van der Waals surface area contributed by atoms with Crippen LogP contribution in [-0.2, 0) is 15.2 Å². The van der Waals surface area contributed by atoms with E-state index >= 15 is 0 Å². The van der Waals surface area contributed by atoms with E-state index in [9.17, 15) is 14.7 Å². The summed E-state index contributed by atoms with van der Waals surface area (Å²) in [5.74, 6) is -0.0872. The summed E-state index contributed by atoms with van der Waals surface area (Å²) in [4.78, 5) is 27.5. The van der Waals surface area contributed by atoms with Crippen LogP contribution in [0, 0.1) is 11.3 Å². The molecule has 10 heteroatoms. The highest BCUT2D eigenvalue weighted by molar-refractivity contribution is 6.30. The average molecular weight is 451 g/mol. The number of piperidine rings is 1. The van der Waals surface area contributed by atoms with Crippen LogP contribution in [0.1, 0.15) is 46.1 Å². The number of hydrogen-bond acceptors (Lipinski definition) is 7. The smallest absolute Gasteiger partial charge is 0.245 e. The van der Waals surface area contributed by atoms with Crippen LogP contribution in [0.3, 0.4) is 0 Å². The Labute approximate surface area is 187 Å². The van der Waals surface area contributed by atoms with Crippen molar-refractivity contribution in [3.8, 4) is 0 Å². The molecule has 9 nitrogen and oxygen atoms in total. The molecule has 0 aliphatic carbocycles. The molecule has 0 saturated carbocycles. The van der Waals surface area contributed by atoms with Gasteiger partial charge in [-0.25, -0.2) is 5.53 Å². The standard InChI is InChI=1S/C21H31ClN6O3/c1-13(2)18(23-17(29)11-16-24-26-27-25-16)19(30)28-10-9-21(31,20(3,4)12-28)14-5-7-15(22)8-6-14/h5-8,13,18,26-27,31H,9-12H2,1-4H3,(H,23,29)(H,24,25)/t18-,21+/m1/s1. The van der Waals surface area contributed by atoms with Gasteiger partial charge >= 0.3 is 0 Å². The Hall–Kier alpha value is -2.36. The molecule has 0 aromatic heterocycles. The van der Waals surface area contributed by atoms with Gasteiger partial charge in [-0.15, -0.1) is 10.6 Å². The summed E-state index contributed by atoms with van der Waals surface area (Å²) in [5.41, 5.74) is 6.90. The van der Waals surface area contributed by atoms with Gasteiger partial charge in [-0.1, -0.05) is 51.4 Å². The van der Waals surface area contributed by atoms with Crippen molar-refractivity contribution in [1.29, 1.82) is 0 Å². The maximum atomic E-state index is 13.3. The second-order valence-corrected chi connectivity index (χ2v) is 9.58. The largest absolute Gasteiger partial charge is 0.384 e. The second-order valence-electron chi connectivity index (χ2n) is 9.15. The molecule has 2 amide bonds. The zero-order chi connectivity index (χ0) is 22.8. The molecule has 3 rings (SSSR count). The molecule has 0 unspecified atom stereocenters. The van der Waals surface area contributed by atoms with E-state index in [1.165, 1.54) is 0 Å². The first-order valence-corrected chi connectivity index (χ1v) is 10.8. The molecule has 2 heterocycles. The van der Waals surface area contributed by atoms with E-state index in [-0.39, 0.29) is 24.2 Å². The molecule has 2 aliphatic heterocycles. The van der Waals surface area contributed by atoms with Gasteiger partial charge in [0.1, 0.15) is 11.9 Å². The van der Waals surface area contributed by atoms with E-state index in [4.69, 9.17) is 11.6 Å². The van der Waals surface area contributed by atoms with Crippen molar-refractivity contribution < 1.29 is 14.7 Å². The Morgan fingerprint density at radius 3 is 2.52 bits per heavy atom. The molecule has 31 heavy (non-hydrogen) atoms. The number of rotatable bonds is 6. The molecule has 0 bridgehead atoms.